The number of aliphatic hydroxyl groups is 1. The summed E-state index contributed by atoms with van der Waals surface area (Å²) in [6.45, 7) is 2.55. The normalized spacial score (nSPS) is 15.4. The van der Waals surface area contributed by atoms with Gasteiger partial charge in [0.25, 0.3) is 0 Å². The molecular formula is C14H14O3. The summed E-state index contributed by atoms with van der Waals surface area (Å²) in [4.78, 5) is 0. The van der Waals surface area contributed by atoms with Gasteiger partial charge in [-0.25, -0.2) is 0 Å². The van der Waals surface area contributed by atoms with Crippen molar-refractivity contribution in [3.05, 3.63) is 53.0 Å². The van der Waals surface area contributed by atoms with Gasteiger partial charge < -0.3 is 14.3 Å². The Kier molecular flexibility index (Phi) is 2.41. The number of fused-ring (bicyclic) bond motifs is 1. The summed E-state index contributed by atoms with van der Waals surface area (Å²) in [6, 6.07) is 7.71. The third-order valence-corrected chi connectivity index (χ3v) is 3.23. The Morgan fingerprint density at radius 2 is 2.12 bits per heavy atom. The van der Waals surface area contributed by atoms with Gasteiger partial charge in [0.05, 0.1) is 12.9 Å². The van der Waals surface area contributed by atoms with Gasteiger partial charge in [-0.1, -0.05) is 18.2 Å². The number of hydrogen-bond acceptors (Lipinski definition) is 3. The lowest BCUT2D eigenvalue weighted by atomic mass is 9.99. The Morgan fingerprint density at radius 1 is 1.24 bits per heavy atom. The number of furan rings is 1. The predicted molar refractivity (Wildman–Crippen MR) is 63.1 cm³/mol. The summed E-state index contributed by atoms with van der Waals surface area (Å²) in [5.74, 6) is 1.58. The fraction of sp³-hybridized carbons (Fsp3) is 0.286. The maximum absolute atomic E-state index is 10.4. The summed E-state index contributed by atoms with van der Waals surface area (Å²) >= 11 is 0. The molecule has 2 heterocycles. The van der Waals surface area contributed by atoms with Gasteiger partial charge in [-0.3, -0.25) is 0 Å². The molecule has 3 nitrogen and oxygen atoms in total. The minimum atomic E-state index is -0.679. The van der Waals surface area contributed by atoms with Crippen molar-refractivity contribution < 1.29 is 14.3 Å². The molecule has 3 heteroatoms. The van der Waals surface area contributed by atoms with E-state index in [4.69, 9.17) is 9.15 Å². The highest BCUT2D eigenvalue weighted by Crippen LogP contribution is 2.36. The van der Waals surface area contributed by atoms with Crippen LogP contribution in [-0.2, 0) is 6.42 Å². The van der Waals surface area contributed by atoms with Crippen LogP contribution in [0.5, 0.6) is 5.75 Å². The second kappa shape index (κ2) is 3.93. The Hall–Kier alpha value is -1.74. The average molecular weight is 230 g/mol. The maximum atomic E-state index is 10.4. The van der Waals surface area contributed by atoms with Gasteiger partial charge in [-0.05, 0) is 18.6 Å². The topological polar surface area (TPSA) is 42.6 Å². The van der Waals surface area contributed by atoms with E-state index in [1.165, 1.54) is 5.56 Å². The van der Waals surface area contributed by atoms with Crippen LogP contribution in [0, 0.1) is 6.92 Å². The maximum Gasteiger partial charge on any atom is 0.128 e. The van der Waals surface area contributed by atoms with Gasteiger partial charge in [-0.15, -0.1) is 0 Å². The molecule has 2 aromatic rings. The monoisotopic (exact) mass is 230 g/mol. The molecule has 0 radical (unpaired) electrons. The fourth-order valence-corrected chi connectivity index (χ4v) is 2.30. The van der Waals surface area contributed by atoms with Crippen molar-refractivity contribution in [2.75, 3.05) is 6.61 Å². The molecule has 1 N–H and O–H groups in total. The Balaban J connectivity index is 2.05. The zero-order valence-corrected chi connectivity index (χ0v) is 9.64. The molecule has 17 heavy (non-hydrogen) atoms. The van der Waals surface area contributed by atoms with Crippen LogP contribution in [0.3, 0.4) is 0 Å². The van der Waals surface area contributed by atoms with Crippen molar-refractivity contribution >= 4 is 0 Å². The SMILES string of the molecule is Cc1occc1C(O)c1cccc2c1OCC2. The van der Waals surface area contributed by atoms with Crippen LogP contribution in [0.15, 0.2) is 34.9 Å². The summed E-state index contributed by atoms with van der Waals surface area (Å²) in [5.41, 5.74) is 2.79. The highest BCUT2D eigenvalue weighted by molar-refractivity contribution is 5.48. The van der Waals surface area contributed by atoms with Crippen molar-refractivity contribution in [1.82, 2.24) is 0 Å². The van der Waals surface area contributed by atoms with Gasteiger partial charge in [-0.2, -0.15) is 0 Å². The van der Waals surface area contributed by atoms with E-state index in [-0.39, 0.29) is 0 Å². The predicted octanol–water partition coefficient (Wildman–Crippen LogP) is 2.60. The highest BCUT2D eigenvalue weighted by Gasteiger charge is 2.23. The van der Waals surface area contributed by atoms with E-state index in [9.17, 15) is 5.11 Å². The van der Waals surface area contributed by atoms with Crippen LogP contribution in [0.2, 0.25) is 0 Å². The zero-order chi connectivity index (χ0) is 11.8. The molecule has 0 amide bonds. The quantitative estimate of drug-likeness (QED) is 0.862. The molecule has 1 aliphatic heterocycles. The standard InChI is InChI=1S/C14H14O3/c1-9-11(6-8-16-9)13(15)12-4-2-3-10-5-7-17-14(10)12/h2-4,6,8,13,15H,5,7H2,1H3. The third-order valence-electron chi connectivity index (χ3n) is 3.23. The van der Waals surface area contributed by atoms with E-state index in [1.54, 1.807) is 12.3 Å². The molecule has 0 saturated heterocycles. The Bertz CT molecular complexity index is 542. The summed E-state index contributed by atoms with van der Waals surface area (Å²) in [5, 5.41) is 10.4. The van der Waals surface area contributed by atoms with Gasteiger partial charge in [0.2, 0.25) is 0 Å². The molecular weight excluding hydrogens is 216 g/mol. The van der Waals surface area contributed by atoms with E-state index >= 15 is 0 Å². The first kappa shape index (κ1) is 10.4. The number of aliphatic hydroxyl groups excluding tert-OH is 1. The molecule has 0 aliphatic carbocycles. The number of rotatable bonds is 2. The zero-order valence-electron chi connectivity index (χ0n) is 9.64. The lowest BCUT2D eigenvalue weighted by Crippen LogP contribution is -2.02. The van der Waals surface area contributed by atoms with Crippen LogP contribution in [0.25, 0.3) is 0 Å². The Morgan fingerprint density at radius 3 is 2.88 bits per heavy atom. The fourth-order valence-electron chi connectivity index (χ4n) is 2.30. The molecule has 1 aromatic carbocycles. The first-order chi connectivity index (χ1) is 8.27. The van der Waals surface area contributed by atoms with Crippen molar-refractivity contribution in [2.45, 2.75) is 19.4 Å². The highest BCUT2D eigenvalue weighted by atomic mass is 16.5. The summed E-state index contributed by atoms with van der Waals surface area (Å²) in [7, 11) is 0. The van der Waals surface area contributed by atoms with Gasteiger partial charge in [0.1, 0.15) is 17.6 Å². The third kappa shape index (κ3) is 1.63. The van der Waals surface area contributed by atoms with Crippen molar-refractivity contribution in [3.8, 4) is 5.75 Å². The second-order valence-electron chi connectivity index (χ2n) is 4.27. The van der Waals surface area contributed by atoms with E-state index in [2.05, 4.69) is 0 Å². The molecule has 3 rings (SSSR count). The molecule has 0 spiro atoms. The van der Waals surface area contributed by atoms with Crippen molar-refractivity contribution in [1.29, 1.82) is 0 Å². The van der Waals surface area contributed by atoms with Crippen molar-refractivity contribution in [3.63, 3.8) is 0 Å². The molecule has 0 fully saturated rings. The minimum Gasteiger partial charge on any atom is -0.493 e. The van der Waals surface area contributed by atoms with Gasteiger partial charge in [0.15, 0.2) is 0 Å². The number of para-hydroxylation sites is 1. The van der Waals surface area contributed by atoms with Crippen LogP contribution in [0.4, 0.5) is 0 Å². The van der Waals surface area contributed by atoms with E-state index in [1.807, 2.05) is 25.1 Å². The molecule has 0 saturated carbocycles. The van der Waals surface area contributed by atoms with Gasteiger partial charge in [0, 0.05) is 17.5 Å². The van der Waals surface area contributed by atoms with Crippen molar-refractivity contribution in [2.24, 2.45) is 0 Å². The molecule has 1 aliphatic rings. The van der Waals surface area contributed by atoms with E-state index < -0.39 is 6.10 Å². The average Bonchev–Trinajstić information content (AvgIpc) is 2.95. The second-order valence-corrected chi connectivity index (χ2v) is 4.27. The number of ether oxygens (including phenoxy) is 1. The van der Waals surface area contributed by atoms with E-state index in [0.717, 1.165) is 29.1 Å². The summed E-state index contributed by atoms with van der Waals surface area (Å²) < 4.78 is 10.8. The summed E-state index contributed by atoms with van der Waals surface area (Å²) in [6.07, 6.45) is 1.83. The smallest absolute Gasteiger partial charge is 0.128 e. The van der Waals surface area contributed by atoms with E-state index in [0.29, 0.717) is 6.61 Å². The van der Waals surface area contributed by atoms with Crippen LogP contribution in [0.1, 0.15) is 28.6 Å². The Labute approximate surface area is 99.6 Å². The molecule has 1 atom stereocenters. The first-order valence-electron chi connectivity index (χ1n) is 5.74. The molecule has 1 unspecified atom stereocenters. The number of benzene rings is 1. The lowest BCUT2D eigenvalue weighted by Gasteiger charge is -2.13. The first-order valence-corrected chi connectivity index (χ1v) is 5.74. The molecule has 0 bridgehead atoms. The largest absolute Gasteiger partial charge is 0.493 e. The number of aryl methyl sites for hydroxylation is 1. The number of hydrogen-bond donors (Lipinski definition) is 1. The molecule has 88 valence electrons. The lowest BCUT2D eigenvalue weighted by molar-refractivity contribution is 0.211. The van der Waals surface area contributed by atoms with Gasteiger partial charge >= 0.3 is 0 Å². The minimum absolute atomic E-state index is 0.679. The van der Waals surface area contributed by atoms with Crippen LogP contribution >= 0.6 is 0 Å². The van der Waals surface area contributed by atoms with Crippen LogP contribution < -0.4 is 4.74 Å². The van der Waals surface area contributed by atoms with Crippen LogP contribution in [-0.4, -0.2) is 11.7 Å². The molecule has 1 aromatic heterocycles.